The standard InChI is InChI=1S/C16H14ClN5O3S/c1-9-15(22(24)25)10(2)21(20-9)7-14(23)19-16-18-13(8-26-16)11-5-3-4-6-12(11)17/h3-6,8H,7H2,1-2H3,(H,18,19,23). The molecule has 0 fully saturated rings. The lowest BCUT2D eigenvalue weighted by Crippen LogP contribution is -2.20. The third-order valence-corrected chi connectivity index (χ3v) is 4.81. The number of carbonyl (C=O) groups excluding carboxylic acids is 1. The number of nitrogens with one attached hydrogen (secondary N) is 1. The number of amides is 1. The summed E-state index contributed by atoms with van der Waals surface area (Å²) in [5.74, 6) is -0.370. The fourth-order valence-electron chi connectivity index (χ4n) is 2.52. The minimum atomic E-state index is -0.497. The van der Waals surface area contributed by atoms with Crippen LogP contribution in [0.3, 0.4) is 0 Å². The van der Waals surface area contributed by atoms with E-state index in [9.17, 15) is 14.9 Å². The molecule has 0 aliphatic carbocycles. The molecule has 0 atom stereocenters. The Morgan fingerprint density at radius 2 is 2.12 bits per heavy atom. The van der Waals surface area contributed by atoms with E-state index in [0.29, 0.717) is 21.5 Å². The Kier molecular flexibility index (Phi) is 5.01. The average molecular weight is 392 g/mol. The summed E-state index contributed by atoms with van der Waals surface area (Å²) in [5.41, 5.74) is 1.97. The Labute approximate surface area is 157 Å². The van der Waals surface area contributed by atoms with Gasteiger partial charge in [-0.3, -0.25) is 19.6 Å². The first kappa shape index (κ1) is 18.0. The van der Waals surface area contributed by atoms with Crippen LogP contribution in [0, 0.1) is 24.0 Å². The van der Waals surface area contributed by atoms with E-state index in [4.69, 9.17) is 11.6 Å². The minimum Gasteiger partial charge on any atom is -0.300 e. The molecular formula is C16H14ClN5O3S. The van der Waals surface area contributed by atoms with Gasteiger partial charge in [-0.1, -0.05) is 29.8 Å². The largest absolute Gasteiger partial charge is 0.312 e. The van der Waals surface area contributed by atoms with Crippen LogP contribution in [0.15, 0.2) is 29.6 Å². The molecule has 2 aromatic heterocycles. The van der Waals surface area contributed by atoms with Crippen molar-refractivity contribution in [2.24, 2.45) is 0 Å². The maximum Gasteiger partial charge on any atom is 0.312 e. The molecule has 0 unspecified atom stereocenters. The monoisotopic (exact) mass is 391 g/mol. The van der Waals surface area contributed by atoms with Gasteiger partial charge < -0.3 is 5.32 Å². The number of aryl methyl sites for hydroxylation is 1. The average Bonchev–Trinajstić information content (AvgIpc) is 3.12. The summed E-state index contributed by atoms with van der Waals surface area (Å²) in [6, 6.07) is 7.30. The van der Waals surface area contributed by atoms with E-state index in [-0.39, 0.29) is 23.8 Å². The summed E-state index contributed by atoms with van der Waals surface area (Å²) < 4.78 is 1.31. The second-order valence-corrected chi connectivity index (χ2v) is 6.77. The van der Waals surface area contributed by atoms with Gasteiger partial charge in [-0.05, 0) is 19.9 Å². The van der Waals surface area contributed by atoms with Gasteiger partial charge in [-0.25, -0.2) is 4.98 Å². The molecule has 1 aromatic carbocycles. The zero-order valence-electron chi connectivity index (χ0n) is 13.9. The topological polar surface area (TPSA) is 103 Å². The van der Waals surface area contributed by atoms with Crippen molar-refractivity contribution in [1.82, 2.24) is 14.8 Å². The highest BCUT2D eigenvalue weighted by Gasteiger charge is 2.23. The Morgan fingerprint density at radius 3 is 2.77 bits per heavy atom. The normalized spacial score (nSPS) is 10.7. The molecule has 3 rings (SSSR count). The van der Waals surface area contributed by atoms with Crippen molar-refractivity contribution >= 4 is 39.7 Å². The number of anilines is 1. The summed E-state index contributed by atoms with van der Waals surface area (Å²) in [7, 11) is 0. The number of hydrogen-bond donors (Lipinski definition) is 1. The fourth-order valence-corrected chi connectivity index (χ4v) is 3.48. The quantitative estimate of drug-likeness (QED) is 0.526. The van der Waals surface area contributed by atoms with Gasteiger partial charge in [0.1, 0.15) is 17.9 Å². The number of hydrogen-bond acceptors (Lipinski definition) is 6. The lowest BCUT2D eigenvalue weighted by molar-refractivity contribution is -0.386. The third kappa shape index (κ3) is 3.58. The molecule has 0 spiro atoms. The van der Waals surface area contributed by atoms with Crippen molar-refractivity contribution in [2.45, 2.75) is 20.4 Å². The van der Waals surface area contributed by atoms with E-state index in [0.717, 1.165) is 5.56 Å². The molecule has 134 valence electrons. The summed E-state index contributed by atoms with van der Waals surface area (Å²) in [5, 5.41) is 20.6. The van der Waals surface area contributed by atoms with E-state index in [2.05, 4.69) is 15.4 Å². The van der Waals surface area contributed by atoms with E-state index in [1.165, 1.54) is 22.9 Å². The van der Waals surface area contributed by atoms with Crippen LogP contribution >= 0.6 is 22.9 Å². The molecule has 8 nitrogen and oxygen atoms in total. The molecule has 0 aliphatic rings. The van der Waals surface area contributed by atoms with Crippen LogP contribution in [0.25, 0.3) is 11.3 Å². The molecular weight excluding hydrogens is 378 g/mol. The van der Waals surface area contributed by atoms with Crippen molar-refractivity contribution in [2.75, 3.05) is 5.32 Å². The summed E-state index contributed by atoms with van der Waals surface area (Å²) in [4.78, 5) is 27.1. The van der Waals surface area contributed by atoms with Crippen molar-refractivity contribution in [3.05, 3.63) is 56.2 Å². The number of benzene rings is 1. The second kappa shape index (κ2) is 7.22. The molecule has 0 radical (unpaired) electrons. The number of rotatable bonds is 5. The molecule has 26 heavy (non-hydrogen) atoms. The predicted molar refractivity (Wildman–Crippen MR) is 99.5 cm³/mol. The van der Waals surface area contributed by atoms with Gasteiger partial charge in [-0.15, -0.1) is 11.3 Å². The molecule has 0 bridgehead atoms. The van der Waals surface area contributed by atoms with Crippen LogP contribution in [0.5, 0.6) is 0 Å². The van der Waals surface area contributed by atoms with E-state index in [1.54, 1.807) is 18.4 Å². The molecule has 3 aromatic rings. The van der Waals surface area contributed by atoms with Crippen LogP contribution < -0.4 is 5.32 Å². The number of nitro groups is 1. The van der Waals surface area contributed by atoms with Gasteiger partial charge in [0.2, 0.25) is 5.91 Å². The van der Waals surface area contributed by atoms with Gasteiger partial charge in [0.15, 0.2) is 5.13 Å². The van der Waals surface area contributed by atoms with Crippen molar-refractivity contribution < 1.29 is 9.72 Å². The Hall–Kier alpha value is -2.78. The highest BCUT2D eigenvalue weighted by molar-refractivity contribution is 7.14. The lowest BCUT2D eigenvalue weighted by Gasteiger charge is -2.04. The van der Waals surface area contributed by atoms with E-state index >= 15 is 0 Å². The molecule has 2 heterocycles. The first-order valence-corrected chi connectivity index (χ1v) is 8.81. The maximum atomic E-state index is 12.2. The van der Waals surface area contributed by atoms with Crippen LogP contribution in [-0.2, 0) is 11.3 Å². The first-order valence-electron chi connectivity index (χ1n) is 7.55. The van der Waals surface area contributed by atoms with Crippen molar-refractivity contribution in [3.63, 3.8) is 0 Å². The van der Waals surface area contributed by atoms with E-state index < -0.39 is 4.92 Å². The summed E-state index contributed by atoms with van der Waals surface area (Å²) in [6.45, 7) is 2.96. The van der Waals surface area contributed by atoms with Gasteiger partial charge in [0.05, 0.1) is 10.6 Å². The fraction of sp³-hybridized carbons (Fsp3) is 0.188. The molecule has 1 N–H and O–H groups in total. The summed E-state index contributed by atoms with van der Waals surface area (Å²) >= 11 is 7.42. The third-order valence-electron chi connectivity index (χ3n) is 3.72. The second-order valence-electron chi connectivity index (χ2n) is 5.50. The Balaban J connectivity index is 1.73. The SMILES string of the molecule is Cc1nn(CC(=O)Nc2nc(-c3ccccc3Cl)cs2)c(C)c1[N+](=O)[O-]. The number of aromatic nitrogens is 3. The molecule has 10 heteroatoms. The van der Waals surface area contributed by atoms with Crippen LogP contribution in [0.1, 0.15) is 11.4 Å². The van der Waals surface area contributed by atoms with Gasteiger partial charge in [-0.2, -0.15) is 5.10 Å². The van der Waals surface area contributed by atoms with Crippen LogP contribution in [0.2, 0.25) is 5.02 Å². The minimum absolute atomic E-state index is 0.0759. The number of thiazole rings is 1. The molecule has 0 aliphatic heterocycles. The smallest absolute Gasteiger partial charge is 0.300 e. The Bertz CT molecular complexity index is 998. The van der Waals surface area contributed by atoms with Crippen molar-refractivity contribution in [1.29, 1.82) is 0 Å². The summed E-state index contributed by atoms with van der Waals surface area (Å²) in [6.07, 6.45) is 0. The molecule has 0 saturated heterocycles. The maximum absolute atomic E-state index is 12.2. The van der Waals surface area contributed by atoms with Crippen LogP contribution in [-0.4, -0.2) is 25.6 Å². The molecule has 0 saturated carbocycles. The lowest BCUT2D eigenvalue weighted by atomic mass is 10.2. The number of halogens is 1. The number of carbonyl (C=O) groups is 1. The highest BCUT2D eigenvalue weighted by atomic mass is 35.5. The zero-order valence-corrected chi connectivity index (χ0v) is 15.5. The van der Waals surface area contributed by atoms with Gasteiger partial charge in [0.25, 0.3) is 0 Å². The predicted octanol–water partition coefficient (Wildman–Crippen LogP) is 3.82. The number of nitrogens with zero attached hydrogens (tertiary/aromatic N) is 4. The highest BCUT2D eigenvalue weighted by Crippen LogP contribution is 2.30. The zero-order chi connectivity index (χ0) is 18.8. The first-order chi connectivity index (χ1) is 12.4. The Morgan fingerprint density at radius 1 is 1.38 bits per heavy atom. The van der Waals surface area contributed by atoms with Gasteiger partial charge in [0, 0.05) is 16.0 Å². The van der Waals surface area contributed by atoms with Crippen LogP contribution in [0.4, 0.5) is 10.8 Å². The van der Waals surface area contributed by atoms with Gasteiger partial charge >= 0.3 is 5.69 Å². The van der Waals surface area contributed by atoms with Crippen molar-refractivity contribution in [3.8, 4) is 11.3 Å². The molecule has 1 amide bonds. The van der Waals surface area contributed by atoms with E-state index in [1.807, 2.05) is 18.2 Å².